The van der Waals surface area contributed by atoms with E-state index in [2.05, 4.69) is 10.9 Å². The summed E-state index contributed by atoms with van der Waals surface area (Å²) in [6, 6.07) is 7.02. The fraction of sp³-hybridized carbons (Fsp3) is 0.529. The van der Waals surface area contributed by atoms with Gasteiger partial charge in [-0.2, -0.15) is 0 Å². The first-order valence-corrected chi connectivity index (χ1v) is 10.4. The van der Waals surface area contributed by atoms with Crippen molar-refractivity contribution >= 4 is 33.3 Å². The zero-order valence-electron chi connectivity index (χ0n) is 14.3. The zero-order chi connectivity index (χ0) is 18.6. The molecule has 2 amide bonds. The number of carbonyl (C=O) groups is 2. The lowest BCUT2D eigenvalue weighted by Gasteiger charge is -2.21. The summed E-state index contributed by atoms with van der Waals surface area (Å²) < 4.78 is 22.8. The lowest BCUT2D eigenvalue weighted by atomic mass is 9.88. The molecule has 1 heterocycles. The third-order valence-corrected chi connectivity index (χ3v) is 6.39. The molecule has 0 aromatic heterocycles. The highest BCUT2D eigenvalue weighted by Gasteiger charge is 2.30. The minimum atomic E-state index is -3.01. The lowest BCUT2D eigenvalue weighted by molar-refractivity contribution is -0.130. The Morgan fingerprint density at radius 3 is 2.36 bits per heavy atom. The third-order valence-electron chi connectivity index (χ3n) is 4.30. The van der Waals surface area contributed by atoms with Crippen LogP contribution < -0.4 is 10.9 Å². The highest BCUT2D eigenvalue weighted by Crippen LogP contribution is 2.26. The number of hydrogen-bond acceptors (Lipinski definition) is 4. The van der Waals surface area contributed by atoms with Gasteiger partial charge in [0, 0.05) is 11.4 Å². The van der Waals surface area contributed by atoms with E-state index in [4.69, 9.17) is 11.6 Å². The number of benzene rings is 1. The number of carbonyl (C=O) groups excluding carboxylic acids is 2. The summed E-state index contributed by atoms with van der Waals surface area (Å²) in [7, 11) is -3.01. The molecule has 6 nitrogen and oxygen atoms in total. The lowest BCUT2D eigenvalue weighted by Crippen LogP contribution is -2.45. The number of rotatable bonds is 5. The first-order chi connectivity index (χ1) is 11.7. The van der Waals surface area contributed by atoms with Gasteiger partial charge in [-0.25, -0.2) is 8.42 Å². The highest BCUT2D eigenvalue weighted by molar-refractivity contribution is 7.91. The first-order valence-electron chi connectivity index (χ1n) is 8.22. The second-order valence-corrected chi connectivity index (χ2v) is 9.45. The second-order valence-electron chi connectivity index (χ2n) is 6.78. The Morgan fingerprint density at radius 1 is 1.20 bits per heavy atom. The molecule has 1 fully saturated rings. The molecule has 1 aliphatic heterocycles. The van der Waals surface area contributed by atoms with Gasteiger partial charge in [0.25, 0.3) is 0 Å². The summed E-state index contributed by atoms with van der Waals surface area (Å²) in [6.45, 7) is 3.84. The topological polar surface area (TPSA) is 92.3 Å². The molecule has 1 aliphatic rings. The van der Waals surface area contributed by atoms with Crippen LogP contribution in [0.5, 0.6) is 0 Å². The van der Waals surface area contributed by atoms with Crippen molar-refractivity contribution in [1.29, 1.82) is 0 Å². The summed E-state index contributed by atoms with van der Waals surface area (Å²) in [6.07, 6.45) is 0.579. The molecule has 2 N–H and O–H groups in total. The van der Waals surface area contributed by atoms with Crippen molar-refractivity contribution in [2.24, 2.45) is 11.8 Å². The molecule has 0 radical (unpaired) electrons. The molecule has 2 rings (SSSR count). The number of hydrogen-bond donors (Lipinski definition) is 2. The van der Waals surface area contributed by atoms with Gasteiger partial charge in [-0.3, -0.25) is 20.4 Å². The second kappa shape index (κ2) is 8.19. The van der Waals surface area contributed by atoms with Crippen molar-refractivity contribution in [2.45, 2.75) is 32.6 Å². The van der Waals surface area contributed by atoms with Crippen molar-refractivity contribution in [2.75, 3.05) is 11.5 Å². The van der Waals surface area contributed by atoms with Crippen LogP contribution in [0, 0.1) is 11.8 Å². The Morgan fingerprint density at radius 2 is 1.84 bits per heavy atom. The minimum Gasteiger partial charge on any atom is -0.273 e. The molecule has 1 saturated heterocycles. The Bertz CT molecular complexity index is 732. The Labute approximate surface area is 153 Å². The van der Waals surface area contributed by atoms with Gasteiger partial charge in [-0.15, -0.1) is 0 Å². The predicted octanol–water partition coefficient (Wildman–Crippen LogP) is 2.05. The molecule has 138 valence electrons. The maximum Gasteiger partial charge on any atom is 0.246 e. The van der Waals surface area contributed by atoms with Gasteiger partial charge in [0.05, 0.1) is 17.4 Å². The van der Waals surface area contributed by atoms with E-state index in [0.717, 1.165) is 5.56 Å². The average molecular weight is 387 g/mol. The van der Waals surface area contributed by atoms with E-state index >= 15 is 0 Å². The summed E-state index contributed by atoms with van der Waals surface area (Å²) in [5, 5.41) is 0.589. The fourth-order valence-electron chi connectivity index (χ4n) is 3.06. The van der Waals surface area contributed by atoms with Crippen molar-refractivity contribution in [1.82, 2.24) is 10.9 Å². The molecule has 0 spiro atoms. The monoisotopic (exact) mass is 386 g/mol. The van der Waals surface area contributed by atoms with Crippen molar-refractivity contribution in [3.05, 3.63) is 34.9 Å². The van der Waals surface area contributed by atoms with E-state index in [9.17, 15) is 18.0 Å². The molecule has 0 bridgehead atoms. The molecular weight excluding hydrogens is 364 g/mol. The molecule has 0 saturated carbocycles. The summed E-state index contributed by atoms with van der Waals surface area (Å²) >= 11 is 5.88. The molecule has 1 aromatic rings. The van der Waals surface area contributed by atoms with E-state index in [1.807, 2.05) is 13.8 Å². The minimum absolute atomic E-state index is 0.0260. The zero-order valence-corrected chi connectivity index (χ0v) is 15.9. The molecule has 2 atom stereocenters. The Kier molecular flexibility index (Phi) is 6.46. The smallest absolute Gasteiger partial charge is 0.246 e. The standard InChI is InChI=1S/C17H23ClN2O4S/c1-11(2)16(13-3-5-14(18)6-4-13)17(22)20-19-15(21)9-12-7-8-25(23,24)10-12/h3-6,11-12,16H,7-10H2,1-2H3,(H,19,21)(H,20,22)/t12-,16+/m0/s1. The van der Waals surface area contributed by atoms with Crippen molar-refractivity contribution in [3.8, 4) is 0 Å². The first kappa shape index (κ1) is 19.7. The maximum atomic E-state index is 12.5. The molecule has 8 heteroatoms. The largest absolute Gasteiger partial charge is 0.273 e. The number of sulfone groups is 1. The van der Waals surface area contributed by atoms with Crippen LogP contribution >= 0.6 is 11.6 Å². The van der Waals surface area contributed by atoms with E-state index in [-0.39, 0.29) is 41.6 Å². The van der Waals surface area contributed by atoms with Crippen LogP contribution in [0.15, 0.2) is 24.3 Å². The summed E-state index contributed by atoms with van der Waals surface area (Å²) in [4.78, 5) is 24.4. The SMILES string of the molecule is CC(C)[C@@H](C(=O)NNC(=O)C[C@@H]1CCS(=O)(=O)C1)c1ccc(Cl)cc1. The van der Waals surface area contributed by atoms with Gasteiger partial charge in [0.15, 0.2) is 9.84 Å². The van der Waals surface area contributed by atoms with Crippen LogP contribution in [-0.4, -0.2) is 31.7 Å². The number of halogens is 1. The summed E-state index contributed by atoms with van der Waals surface area (Å²) in [5.74, 6) is -1.11. The summed E-state index contributed by atoms with van der Waals surface area (Å²) in [5.41, 5.74) is 5.66. The van der Waals surface area contributed by atoms with E-state index < -0.39 is 15.8 Å². The van der Waals surface area contributed by atoms with Crippen LogP contribution in [0.1, 0.15) is 38.2 Å². The van der Waals surface area contributed by atoms with Gasteiger partial charge in [-0.05, 0) is 36.0 Å². The molecular formula is C17H23ClN2O4S. The van der Waals surface area contributed by atoms with E-state index in [1.165, 1.54) is 0 Å². The van der Waals surface area contributed by atoms with E-state index in [0.29, 0.717) is 11.4 Å². The van der Waals surface area contributed by atoms with Gasteiger partial charge in [-0.1, -0.05) is 37.6 Å². The van der Waals surface area contributed by atoms with Gasteiger partial charge >= 0.3 is 0 Å². The van der Waals surface area contributed by atoms with E-state index in [1.54, 1.807) is 24.3 Å². The molecule has 0 aliphatic carbocycles. The van der Waals surface area contributed by atoms with Crippen LogP contribution in [0.25, 0.3) is 0 Å². The normalized spacial score (nSPS) is 20.2. The van der Waals surface area contributed by atoms with Crippen LogP contribution in [0.4, 0.5) is 0 Å². The molecule has 0 unspecified atom stereocenters. The van der Waals surface area contributed by atoms with Gasteiger partial charge in [0.1, 0.15) is 0 Å². The highest BCUT2D eigenvalue weighted by atomic mass is 35.5. The van der Waals surface area contributed by atoms with Crippen LogP contribution in [0.3, 0.4) is 0 Å². The predicted molar refractivity (Wildman–Crippen MR) is 96.7 cm³/mol. The Balaban J connectivity index is 1.90. The molecule has 1 aromatic carbocycles. The molecule has 25 heavy (non-hydrogen) atoms. The third kappa shape index (κ3) is 5.71. The fourth-order valence-corrected chi connectivity index (χ4v) is 5.05. The average Bonchev–Trinajstić information content (AvgIpc) is 2.86. The maximum absolute atomic E-state index is 12.5. The van der Waals surface area contributed by atoms with Crippen LogP contribution in [0.2, 0.25) is 5.02 Å². The number of amides is 2. The van der Waals surface area contributed by atoms with Gasteiger partial charge < -0.3 is 0 Å². The Hall–Kier alpha value is -1.60. The number of nitrogens with one attached hydrogen (secondary N) is 2. The van der Waals surface area contributed by atoms with Gasteiger partial charge in [0.2, 0.25) is 11.8 Å². The quantitative estimate of drug-likeness (QED) is 0.757. The number of hydrazine groups is 1. The van der Waals surface area contributed by atoms with Crippen molar-refractivity contribution in [3.63, 3.8) is 0 Å². The van der Waals surface area contributed by atoms with Crippen molar-refractivity contribution < 1.29 is 18.0 Å². The van der Waals surface area contributed by atoms with Crippen LogP contribution in [-0.2, 0) is 19.4 Å².